The molecule has 0 saturated carbocycles. The highest BCUT2D eigenvalue weighted by atomic mass is 16.2. The second-order valence-corrected chi connectivity index (χ2v) is 4.82. The van der Waals surface area contributed by atoms with E-state index in [4.69, 9.17) is 5.73 Å². The molecule has 1 atom stereocenters. The molecule has 1 unspecified atom stereocenters. The topological polar surface area (TPSA) is 82.0 Å². The molecule has 104 valence electrons. The van der Waals surface area contributed by atoms with Gasteiger partial charge in [-0.1, -0.05) is 0 Å². The zero-order chi connectivity index (χ0) is 14.3. The first kappa shape index (κ1) is 13.4. The van der Waals surface area contributed by atoms with Crippen LogP contribution in [0.3, 0.4) is 0 Å². The van der Waals surface area contributed by atoms with Gasteiger partial charge < -0.3 is 10.6 Å². The number of carbonyl (C=O) groups excluding carboxylic acids is 1. The summed E-state index contributed by atoms with van der Waals surface area (Å²) in [7, 11) is 3.46. The molecule has 0 radical (unpaired) electrons. The fourth-order valence-electron chi connectivity index (χ4n) is 2.29. The number of hydrogen-bond donors (Lipinski definition) is 1. The van der Waals surface area contributed by atoms with Crippen molar-refractivity contribution in [2.75, 3.05) is 19.8 Å². The van der Waals surface area contributed by atoms with Crippen LogP contribution in [0.25, 0.3) is 11.2 Å². The van der Waals surface area contributed by atoms with E-state index in [-0.39, 0.29) is 5.91 Å². The van der Waals surface area contributed by atoms with Crippen LogP contribution in [0.15, 0.2) is 0 Å². The second-order valence-electron chi connectivity index (χ2n) is 4.82. The molecular weight excluding hydrogens is 244 g/mol. The van der Waals surface area contributed by atoms with Gasteiger partial charge in [-0.25, -0.2) is 9.67 Å². The highest BCUT2D eigenvalue weighted by molar-refractivity contribution is 5.84. The lowest BCUT2D eigenvalue weighted by atomic mass is 10.3. The standard InChI is InChI=1S/C12H20N6O/c1-6-17-10-9(7(2)15-17)14-12(13)18(10)8(3)11(19)16(4)5/h8H,6H2,1-5H3,(H2,13,14). The van der Waals surface area contributed by atoms with Crippen LogP contribution in [0.1, 0.15) is 25.6 Å². The van der Waals surface area contributed by atoms with Gasteiger partial charge in [0.25, 0.3) is 0 Å². The van der Waals surface area contributed by atoms with Gasteiger partial charge in [0.2, 0.25) is 11.9 Å². The zero-order valence-electron chi connectivity index (χ0n) is 12.0. The minimum atomic E-state index is -0.401. The summed E-state index contributed by atoms with van der Waals surface area (Å²) in [5, 5.41) is 4.41. The van der Waals surface area contributed by atoms with Gasteiger partial charge in [0.15, 0.2) is 5.65 Å². The number of aromatic nitrogens is 4. The van der Waals surface area contributed by atoms with Crippen molar-refractivity contribution in [3.63, 3.8) is 0 Å². The molecule has 0 aliphatic heterocycles. The SMILES string of the molecule is CCn1nc(C)c2nc(N)n(C(C)C(=O)N(C)C)c21. The fourth-order valence-corrected chi connectivity index (χ4v) is 2.29. The highest BCUT2D eigenvalue weighted by Gasteiger charge is 2.25. The number of nitrogens with two attached hydrogens (primary N) is 1. The lowest BCUT2D eigenvalue weighted by Crippen LogP contribution is -2.30. The molecule has 0 spiro atoms. The number of anilines is 1. The Labute approximate surface area is 112 Å². The maximum absolute atomic E-state index is 12.1. The number of hydrogen-bond acceptors (Lipinski definition) is 4. The van der Waals surface area contributed by atoms with Crippen molar-refractivity contribution < 1.29 is 4.79 Å². The Morgan fingerprint density at radius 3 is 2.63 bits per heavy atom. The summed E-state index contributed by atoms with van der Waals surface area (Å²) in [6.07, 6.45) is 0. The number of nitrogens with zero attached hydrogens (tertiary/aromatic N) is 5. The number of nitrogen functional groups attached to an aromatic ring is 1. The number of fused-ring (bicyclic) bond motifs is 1. The molecule has 0 aliphatic rings. The van der Waals surface area contributed by atoms with Crippen LogP contribution in [0.4, 0.5) is 5.95 Å². The Kier molecular flexibility index (Phi) is 3.21. The van der Waals surface area contributed by atoms with Crippen molar-refractivity contribution in [2.45, 2.75) is 33.4 Å². The molecule has 1 amide bonds. The molecule has 2 aromatic heterocycles. The van der Waals surface area contributed by atoms with Crippen LogP contribution in [-0.4, -0.2) is 44.2 Å². The normalized spacial score (nSPS) is 12.9. The quantitative estimate of drug-likeness (QED) is 0.888. The Hall–Kier alpha value is -2.05. The van der Waals surface area contributed by atoms with Crippen LogP contribution in [0.2, 0.25) is 0 Å². The van der Waals surface area contributed by atoms with Gasteiger partial charge in [-0.2, -0.15) is 5.10 Å². The molecule has 2 heterocycles. The molecule has 0 fully saturated rings. The summed E-state index contributed by atoms with van der Waals surface area (Å²) < 4.78 is 3.58. The first-order chi connectivity index (χ1) is 8.88. The Morgan fingerprint density at radius 1 is 1.47 bits per heavy atom. The predicted molar refractivity (Wildman–Crippen MR) is 73.7 cm³/mol. The van der Waals surface area contributed by atoms with Crippen molar-refractivity contribution in [1.82, 2.24) is 24.2 Å². The summed E-state index contributed by atoms with van der Waals surface area (Å²) in [4.78, 5) is 18.0. The van der Waals surface area contributed by atoms with E-state index in [0.29, 0.717) is 12.5 Å². The highest BCUT2D eigenvalue weighted by Crippen LogP contribution is 2.25. The number of carbonyl (C=O) groups is 1. The number of imidazole rings is 1. The van der Waals surface area contributed by atoms with Gasteiger partial charge in [0, 0.05) is 20.6 Å². The molecule has 2 N–H and O–H groups in total. The summed E-state index contributed by atoms with van der Waals surface area (Å²) in [5.74, 6) is 0.327. The number of rotatable bonds is 3. The third kappa shape index (κ3) is 1.94. The van der Waals surface area contributed by atoms with Gasteiger partial charge in [-0.15, -0.1) is 0 Å². The van der Waals surface area contributed by atoms with Gasteiger partial charge >= 0.3 is 0 Å². The summed E-state index contributed by atoms with van der Waals surface area (Å²) >= 11 is 0. The van der Waals surface area contributed by atoms with Crippen LogP contribution in [0, 0.1) is 6.92 Å². The van der Waals surface area contributed by atoms with E-state index in [0.717, 1.165) is 16.9 Å². The molecule has 7 nitrogen and oxygen atoms in total. The predicted octanol–water partition coefficient (Wildman–Crippen LogP) is 0.793. The molecular formula is C12H20N6O. The van der Waals surface area contributed by atoms with E-state index in [1.807, 2.05) is 25.5 Å². The fraction of sp³-hybridized carbons (Fsp3) is 0.583. The largest absolute Gasteiger partial charge is 0.369 e. The summed E-state index contributed by atoms with van der Waals surface area (Å²) in [6, 6.07) is -0.401. The molecule has 2 aromatic rings. The molecule has 19 heavy (non-hydrogen) atoms. The van der Waals surface area contributed by atoms with E-state index in [1.54, 1.807) is 23.6 Å². The lowest BCUT2D eigenvalue weighted by molar-refractivity contribution is -0.131. The van der Waals surface area contributed by atoms with Crippen LogP contribution >= 0.6 is 0 Å². The zero-order valence-corrected chi connectivity index (χ0v) is 12.0. The van der Waals surface area contributed by atoms with Gasteiger partial charge in [0.05, 0.1) is 5.69 Å². The molecule has 7 heteroatoms. The van der Waals surface area contributed by atoms with Gasteiger partial charge in [0.1, 0.15) is 11.6 Å². The number of amides is 1. The monoisotopic (exact) mass is 264 g/mol. The maximum atomic E-state index is 12.1. The average Bonchev–Trinajstić information content (AvgIpc) is 2.84. The Morgan fingerprint density at radius 2 is 2.11 bits per heavy atom. The van der Waals surface area contributed by atoms with E-state index in [2.05, 4.69) is 10.1 Å². The van der Waals surface area contributed by atoms with Crippen molar-refractivity contribution in [1.29, 1.82) is 0 Å². The minimum absolute atomic E-state index is 0.0208. The smallest absolute Gasteiger partial charge is 0.245 e. The first-order valence-electron chi connectivity index (χ1n) is 6.30. The van der Waals surface area contributed by atoms with Crippen molar-refractivity contribution in [2.24, 2.45) is 0 Å². The lowest BCUT2D eigenvalue weighted by Gasteiger charge is -2.19. The minimum Gasteiger partial charge on any atom is -0.369 e. The van der Waals surface area contributed by atoms with Crippen molar-refractivity contribution in [3.05, 3.63) is 5.69 Å². The van der Waals surface area contributed by atoms with E-state index in [9.17, 15) is 4.79 Å². The van der Waals surface area contributed by atoms with Crippen LogP contribution < -0.4 is 5.73 Å². The molecule has 0 saturated heterocycles. The maximum Gasteiger partial charge on any atom is 0.245 e. The summed E-state index contributed by atoms with van der Waals surface area (Å²) in [6.45, 7) is 6.42. The third-order valence-electron chi connectivity index (χ3n) is 3.26. The van der Waals surface area contributed by atoms with Crippen LogP contribution in [-0.2, 0) is 11.3 Å². The third-order valence-corrected chi connectivity index (χ3v) is 3.26. The number of aryl methyl sites for hydroxylation is 2. The first-order valence-corrected chi connectivity index (χ1v) is 6.30. The molecule has 0 bridgehead atoms. The van der Waals surface area contributed by atoms with Crippen molar-refractivity contribution >= 4 is 23.0 Å². The average molecular weight is 264 g/mol. The van der Waals surface area contributed by atoms with Crippen LogP contribution in [0.5, 0.6) is 0 Å². The van der Waals surface area contributed by atoms with E-state index >= 15 is 0 Å². The second kappa shape index (κ2) is 4.56. The van der Waals surface area contributed by atoms with Gasteiger partial charge in [-0.3, -0.25) is 9.36 Å². The van der Waals surface area contributed by atoms with Crippen molar-refractivity contribution in [3.8, 4) is 0 Å². The van der Waals surface area contributed by atoms with Gasteiger partial charge in [-0.05, 0) is 20.8 Å². The summed E-state index contributed by atoms with van der Waals surface area (Å²) in [5.41, 5.74) is 8.36. The Bertz CT molecular complexity index is 624. The molecule has 2 rings (SSSR count). The molecule has 0 aromatic carbocycles. The Balaban J connectivity index is 2.65. The van der Waals surface area contributed by atoms with E-state index < -0.39 is 6.04 Å². The molecule has 0 aliphatic carbocycles. The van der Waals surface area contributed by atoms with E-state index in [1.165, 1.54) is 0 Å². The number of likely N-dealkylation sites (N-methyl/N-ethyl adjacent to an activating group) is 1.